The van der Waals surface area contributed by atoms with Gasteiger partial charge in [-0.15, -0.1) is 68.0 Å². The number of carbonyl (C=O) groups excluding carboxylic acids is 7. The van der Waals surface area contributed by atoms with Crippen molar-refractivity contribution in [3.05, 3.63) is 153 Å². The van der Waals surface area contributed by atoms with Gasteiger partial charge in [0.1, 0.15) is 77.0 Å². The normalized spacial score (nSPS) is 19.4. The van der Waals surface area contributed by atoms with E-state index >= 15 is 4.79 Å². The van der Waals surface area contributed by atoms with Crippen molar-refractivity contribution in [3.63, 3.8) is 0 Å². The standard InChI is InChI=1S/C58H54N14O9S6/c1-26-9-11-29(12-10-26)17-35-57(79)72-20-42(81-58(80)62-16-15-59)27(2)46(72)56-70-40(25-86-56)54-66-36(21-84-54)45-31(13-14-33(63-45)53-67-37(22-85-53)48(61)76)51-68-38(23-82-51)49(77)64-34(19-43(60)74)55-71-44(28(3)87-55)41(73)18-32(47(75)30-7-5-4-6-8-30)52-69-39(24-83-52)50(78)65-35/h4-14,21-25,27,32,34-35,42,46-47,75H,15-20,59H2,1-3H3,(H2,60,74)(H2,61,76)(H,62,80)(H,64,77)(H,65,78)/t27-,32-,34-,35-,42-,46-,47+/m0/s1. The van der Waals surface area contributed by atoms with Crippen LogP contribution in [0.5, 0.6) is 0 Å². The second kappa shape index (κ2) is 25.9. The van der Waals surface area contributed by atoms with Gasteiger partial charge in [-0.25, -0.2) is 39.7 Å². The molecule has 2 aromatic carbocycles. The lowest BCUT2D eigenvalue weighted by molar-refractivity contribution is -0.134. The minimum atomic E-state index is -1.30. The molecule has 2 aliphatic rings. The van der Waals surface area contributed by atoms with Crippen LogP contribution in [0.1, 0.15) is 122 Å². The Kier molecular flexibility index (Phi) is 17.9. The van der Waals surface area contributed by atoms with E-state index in [-0.39, 0.29) is 71.7 Å². The number of nitrogens with one attached hydrogen (secondary N) is 3. The molecule has 10 bridgehead atoms. The summed E-state index contributed by atoms with van der Waals surface area (Å²) in [6.07, 6.45) is -3.52. The number of amides is 6. The number of Topliss-reactive ketones (excluding diaryl/α,β-unsaturated/α-hetero) is 1. The molecule has 23 nitrogen and oxygen atoms in total. The molecule has 87 heavy (non-hydrogen) atoms. The molecule has 0 radical (unpaired) electrons. The number of benzene rings is 2. The van der Waals surface area contributed by atoms with Crippen molar-refractivity contribution in [3.8, 4) is 43.4 Å². The van der Waals surface area contributed by atoms with E-state index < -0.39 is 83.6 Å². The van der Waals surface area contributed by atoms with Gasteiger partial charge in [0, 0.05) is 75.1 Å². The number of alkyl carbamates (subject to hydrolysis) is 1. The van der Waals surface area contributed by atoms with Crippen LogP contribution in [0.2, 0.25) is 0 Å². The van der Waals surface area contributed by atoms with Crippen molar-refractivity contribution < 1.29 is 43.4 Å². The zero-order valence-electron chi connectivity index (χ0n) is 46.5. The molecule has 9 aromatic rings. The number of pyridine rings is 1. The summed E-state index contributed by atoms with van der Waals surface area (Å²) in [5, 5.41) is 31.0. The second-order valence-corrected chi connectivity index (χ2v) is 26.2. The molecule has 1 fully saturated rings. The number of nitrogens with zero attached hydrogens (tertiary/aromatic N) is 8. The summed E-state index contributed by atoms with van der Waals surface area (Å²) in [5.41, 5.74) is 21.3. The molecule has 6 amide bonds. The number of aliphatic hydroxyl groups is 1. The molecule has 9 heterocycles. The number of rotatable bonds is 11. The Morgan fingerprint density at radius 3 is 2.10 bits per heavy atom. The first-order valence-electron chi connectivity index (χ1n) is 27.1. The number of nitrogens with two attached hydrogens (primary N) is 3. The van der Waals surface area contributed by atoms with E-state index in [0.29, 0.717) is 58.8 Å². The van der Waals surface area contributed by atoms with Gasteiger partial charge in [-0.1, -0.05) is 67.1 Å². The van der Waals surface area contributed by atoms with Crippen LogP contribution in [-0.2, 0) is 20.7 Å². The number of aliphatic hydroxyl groups excluding tert-OH is 1. The first kappa shape index (κ1) is 60.3. The van der Waals surface area contributed by atoms with Gasteiger partial charge in [0.05, 0.1) is 41.9 Å². The van der Waals surface area contributed by atoms with Crippen molar-refractivity contribution in [2.75, 3.05) is 19.6 Å². The van der Waals surface area contributed by atoms with E-state index in [1.807, 2.05) is 43.5 Å². The maximum atomic E-state index is 15.6. The van der Waals surface area contributed by atoms with Crippen LogP contribution >= 0.6 is 68.0 Å². The Morgan fingerprint density at radius 2 is 1.37 bits per heavy atom. The van der Waals surface area contributed by atoms with Gasteiger partial charge in [0.15, 0.2) is 5.78 Å². The molecule has 29 heteroatoms. The van der Waals surface area contributed by atoms with Crippen LogP contribution in [0.25, 0.3) is 43.4 Å². The van der Waals surface area contributed by atoms with Crippen LogP contribution in [-0.4, -0.2) is 118 Å². The lowest BCUT2D eigenvalue weighted by atomic mass is 9.90. The molecular weight excluding hydrogens is 1230 g/mol. The van der Waals surface area contributed by atoms with Gasteiger partial charge in [-0.3, -0.25) is 28.8 Å². The van der Waals surface area contributed by atoms with Crippen LogP contribution in [0.4, 0.5) is 4.79 Å². The van der Waals surface area contributed by atoms with Crippen molar-refractivity contribution in [2.45, 2.75) is 76.3 Å². The van der Waals surface area contributed by atoms with E-state index in [4.69, 9.17) is 51.8 Å². The highest BCUT2D eigenvalue weighted by Crippen LogP contribution is 2.44. The molecule has 446 valence electrons. The number of aromatic nitrogens is 7. The number of ether oxygens (including phenoxy) is 1. The minimum Gasteiger partial charge on any atom is -0.444 e. The quantitative estimate of drug-likeness (QED) is 0.0656. The van der Waals surface area contributed by atoms with Gasteiger partial charge in [-0.05, 0) is 37.1 Å². The van der Waals surface area contributed by atoms with Gasteiger partial charge in [0.2, 0.25) is 11.8 Å². The first-order chi connectivity index (χ1) is 41.9. The van der Waals surface area contributed by atoms with E-state index in [1.54, 1.807) is 65.0 Å². The average Bonchev–Trinajstić information content (AvgIpc) is 2.28. The van der Waals surface area contributed by atoms with Crippen molar-refractivity contribution in [1.29, 1.82) is 0 Å². The van der Waals surface area contributed by atoms with Gasteiger partial charge in [-0.2, -0.15) is 0 Å². The molecule has 2 aliphatic heterocycles. The molecule has 7 atom stereocenters. The monoisotopic (exact) mass is 1280 g/mol. The number of aryl methyl sites for hydroxylation is 2. The highest BCUT2D eigenvalue weighted by atomic mass is 32.1. The van der Waals surface area contributed by atoms with Crippen molar-refractivity contribution in [1.82, 2.24) is 55.7 Å². The van der Waals surface area contributed by atoms with Gasteiger partial charge < -0.3 is 47.9 Å². The number of thiazole rings is 6. The van der Waals surface area contributed by atoms with Crippen LogP contribution < -0.4 is 33.2 Å². The number of hydrogen-bond acceptors (Lipinski definition) is 23. The highest BCUT2D eigenvalue weighted by Gasteiger charge is 2.48. The number of ketones is 1. The molecule has 0 spiro atoms. The molecule has 0 saturated carbocycles. The predicted octanol–water partition coefficient (Wildman–Crippen LogP) is 7.57. The summed E-state index contributed by atoms with van der Waals surface area (Å²) in [4.78, 5) is 133. The van der Waals surface area contributed by atoms with E-state index in [0.717, 1.165) is 45.1 Å². The summed E-state index contributed by atoms with van der Waals surface area (Å²) in [7, 11) is 0. The molecule has 10 N–H and O–H groups in total. The molecule has 7 aromatic heterocycles. The van der Waals surface area contributed by atoms with E-state index in [9.17, 15) is 33.9 Å². The lowest BCUT2D eigenvalue weighted by Gasteiger charge is -2.29. The Hall–Kier alpha value is -8.42. The predicted molar refractivity (Wildman–Crippen MR) is 330 cm³/mol. The fraction of sp³-hybridized carbons (Fsp3) is 0.276. The Balaban J connectivity index is 1.03. The molecular formula is C58H54N14O9S6. The third-order valence-corrected chi connectivity index (χ3v) is 20.2. The third-order valence-electron chi connectivity index (χ3n) is 14.6. The smallest absolute Gasteiger partial charge is 0.407 e. The fourth-order valence-corrected chi connectivity index (χ4v) is 15.5. The summed E-state index contributed by atoms with van der Waals surface area (Å²) in [5.74, 6) is -5.38. The average molecular weight is 1280 g/mol. The number of carbonyl (C=O) groups is 7. The third kappa shape index (κ3) is 13.1. The van der Waals surface area contributed by atoms with Crippen LogP contribution in [0.15, 0.2) is 93.6 Å². The Labute approximate surface area is 520 Å². The summed E-state index contributed by atoms with van der Waals surface area (Å²) in [6, 6.07) is 16.6. The zero-order valence-corrected chi connectivity index (χ0v) is 51.4. The highest BCUT2D eigenvalue weighted by molar-refractivity contribution is 7.15. The zero-order chi connectivity index (χ0) is 61.2. The molecule has 1 saturated heterocycles. The van der Waals surface area contributed by atoms with Gasteiger partial charge >= 0.3 is 6.09 Å². The maximum Gasteiger partial charge on any atom is 0.407 e. The number of fused-ring (bicyclic) bond motifs is 16. The molecule has 0 aliphatic carbocycles. The van der Waals surface area contributed by atoms with Crippen molar-refractivity contribution in [2.24, 2.45) is 23.1 Å². The minimum absolute atomic E-state index is 0.0127. The van der Waals surface area contributed by atoms with Gasteiger partial charge in [0.25, 0.3) is 17.7 Å². The number of primary amides is 2. The summed E-state index contributed by atoms with van der Waals surface area (Å²) in [6.45, 7) is 5.72. The van der Waals surface area contributed by atoms with Crippen molar-refractivity contribution >= 4 is 109 Å². The SMILES string of the molecule is Cc1ccc(C[C@@H]2NC(=O)c3csc(n3)[C@H]([C@H](O)c3ccccc3)CC(=O)c3nc(sc3C)[C@H](CC(N)=O)NC(=O)c3csc(n3)-c3ccc(-c4nc(C(N)=O)cs4)nc3-c3csc(n3)-c3csc(n3)[C@@H]3[C@@H](C)[C@@H](OC(=O)NCCN)CN3C2=O)cc1. The Bertz CT molecular complexity index is 4080. The largest absolute Gasteiger partial charge is 0.444 e. The van der Waals surface area contributed by atoms with Crippen LogP contribution in [0.3, 0.4) is 0 Å². The summed E-state index contributed by atoms with van der Waals surface area (Å²) >= 11 is 7.02. The molecule has 0 unspecified atom stereocenters. The first-order valence-corrected chi connectivity index (χ1v) is 32.3. The number of hydrogen-bond donors (Lipinski definition) is 7. The lowest BCUT2D eigenvalue weighted by Crippen LogP contribution is -2.50. The fourth-order valence-electron chi connectivity index (χ4n) is 10.1. The second-order valence-electron chi connectivity index (χ2n) is 20.6. The summed E-state index contributed by atoms with van der Waals surface area (Å²) < 4.78 is 5.99. The van der Waals surface area contributed by atoms with E-state index in [2.05, 4.69) is 20.9 Å². The van der Waals surface area contributed by atoms with Crippen LogP contribution in [0, 0.1) is 19.8 Å². The van der Waals surface area contributed by atoms with E-state index in [1.165, 1.54) is 44.8 Å². The maximum absolute atomic E-state index is 15.6. The topological polar surface area (TPSA) is 357 Å². The molecule has 11 rings (SSSR count). The Morgan fingerprint density at radius 1 is 0.713 bits per heavy atom.